The van der Waals surface area contributed by atoms with Crippen molar-refractivity contribution < 1.29 is 5.11 Å². The molecule has 3 fully saturated rings. The summed E-state index contributed by atoms with van der Waals surface area (Å²) in [6.45, 7) is 19.0. The first-order valence-corrected chi connectivity index (χ1v) is 12.6. The fourth-order valence-corrected chi connectivity index (χ4v) is 6.82. The zero-order chi connectivity index (χ0) is 22.2. The molecule has 3 saturated carbocycles. The van der Waals surface area contributed by atoms with Gasteiger partial charge in [-0.15, -0.1) is 11.8 Å². The first-order chi connectivity index (χ1) is 13.9. The summed E-state index contributed by atoms with van der Waals surface area (Å²) in [5.74, 6) is 8.78. The van der Waals surface area contributed by atoms with E-state index in [9.17, 15) is 5.11 Å². The molecule has 0 saturated heterocycles. The van der Waals surface area contributed by atoms with E-state index in [1.54, 1.807) is 5.57 Å². The second kappa shape index (κ2) is 11.6. The summed E-state index contributed by atoms with van der Waals surface area (Å²) in [5.41, 5.74) is 2.51. The number of aliphatic hydroxyl groups excluding tert-OH is 1. The summed E-state index contributed by atoms with van der Waals surface area (Å²) in [6, 6.07) is 0. The molecule has 1 nitrogen and oxygen atoms in total. The molecule has 0 aromatic carbocycles. The van der Waals surface area contributed by atoms with E-state index >= 15 is 0 Å². The molecule has 168 valence electrons. The predicted octanol–water partition coefficient (Wildman–Crippen LogP) is 8.03. The van der Waals surface area contributed by atoms with Crippen LogP contribution in [-0.4, -0.2) is 11.2 Å². The van der Waals surface area contributed by atoms with Gasteiger partial charge in [-0.1, -0.05) is 60.1 Å². The predicted molar refractivity (Wildman–Crippen MR) is 129 cm³/mol. The molecule has 0 spiro atoms. The van der Waals surface area contributed by atoms with E-state index in [-0.39, 0.29) is 11.5 Å². The number of hydrogen-bond donors (Lipinski definition) is 1. The van der Waals surface area contributed by atoms with Crippen LogP contribution in [0.25, 0.3) is 0 Å². The summed E-state index contributed by atoms with van der Waals surface area (Å²) in [6.07, 6.45) is 13.0. The topological polar surface area (TPSA) is 20.2 Å². The third-order valence-electron chi connectivity index (χ3n) is 8.55. The van der Waals surface area contributed by atoms with E-state index in [1.807, 2.05) is 41.5 Å². The highest BCUT2D eigenvalue weighted by atomic mass is 16.3. The first kappa shape index (κ1) is 26.3. The maximum absolute atomic E-state index is 10.5. The lowest BCUT2D eigenvalue weighted by Crippen LogP contribution is -2.50. The molecule has 0 aromatic rings. The summed E-state index contributed by atoms with van der Waals surface area (Å²) in [5, 5.41) is 10.5. The molecule has 4 rings (SSSR count). The van der Waals surface area contributed by atoms with Gasteiger partial charge in [0.25, 0.3) is 0 Å². The maximum atomic E-state index is 10.5. The standard InChI is InChI=1S/C20H32O.C4H6.2C2H6/c1-13-8-10-19(2)14(12-13)4-5-15-16-6-7-18(21)20(16,3)11-9-17(15)19;1-3-4-2;2*1-2/h4,13,15-18,21H,5-12H2,1-3H3;1-2H3;2*1-2H3. The van der Waals surface area contributed by atoms with Gasteiger partial charge in [-0.05, 0) is 99.7 Å². The van der Waals surface area contributed by atoms with Gasteiger partial charge in [-0.3, -0.25) is 0 Å². The molecular weight excluding hydrogens is 352 g/mol. The molecule has 4 aliphatic carbocycles. The van der Waals surface area contributed by atoms with Crippen LogP contribution < -0.4 is 0 Å². The molecule has 0 heterocycles. The van der Waals surface area contributed by atoms with E-state index in [0.29, 0.717) is 5.41 Å². The van der Waals surface area contributed by atoms with Crippen LogP contribution in [0.2, 0.25) is 0 Å². The fourth-order valence-electron chi connectivity index (χ4n) is 6.82. The fraction of sp³-hybridized carbons (Fsp3) is 0.857. The molecule has 0 amide bonds. The van der Waals surface area contributed by atoms with Crippen molar-refractivity contribution in [1.29, 1.82) is 0 Å². The molecule has 0 bridgehead atoms. The van der Waals surface area contributed by atoms with Gasteiger partial charge in [0, 0.05) is 0 Å². The largest absolute Gasteiger partial charge is 0.393 e. The molecule has 0 radical (unpaired) electrons. The average molecular weight is 403 g/mol. The minimum Gasteiger partial charge on any atom is -0.393 e. The Morgan fingerprint density at radius 1 is 0.897 bits per heavy atom. The van der Waals surface area contributed by atoms with Gasteiger partial charge >= 0.3 is 0 Å². The minimum atomic E-state index is -0.0342. The highest BCUT2D eigenvalue weighted by Crippen LogP contribution is 2.65. The lowest BCUT2D eigenvalue weighted by Gasteiger charge is -2.57. The summed E-state index contributed by atoms with van der Waals surface area (Å²) >= 11 is 0. The van der Waals surface area contributed by atoms with E-state index < -0.39 is 0 Å². The van der Waals surface area contributed by atoms with E-state index in [2.05, 4.69) is 38.7 Å². The Kier molecular flexibility index (Phi) is 10.5. The smallest absolute Gasteiger partial charge is 0.0596 e. The van der Waals surface area contributed by atoms with Crippen molar-refractivity contribution in [1.82, 2.24) is 0 Å². The Labute approximate surface area is 183 Å². The van der Waals surface area contributed by atoms with E-state index in [0.717, 1.165) is 30.1 Å². The van der Waals surface area contributed by atoms with Crippen LogP contribution in [0.4, 0.5) is 0 Å². The van der Waals surface area contributed by atoms with Crippen molar-refractivity contribution >= 4 is 0 Å². The second-order valence-corrected chi connectivity index (χ2v) is 9.74. The zero-order valence-corrected chi connectivity index (χ0v) is 21.1. The summed E-state index contributed by atoms with van der Waals surface area (Å²) in [4.78, 5) is 0. The lowest BCUT2D eigenvalue weighted by molar-refractivity contribution is -0.0677. The Balaban J connectivity index is 0.000000463. The molecule has 7 unspecified atom stereocenters. The van der Waals surface area contributed by atoms with Crippen LogP contribution in [-0.2, 0) is 0 Å². The molecule has 1 N–H and O–H groups in total. The third kappa shape index (κ3) is 5.12. The SMILES string of the molecule is CC.CC.CC#CC.CC1CCC2(C)C(=CCC3C2CCC2(C)C(O)CCC32)C1. The molecule has 1 heteroatoms. The number of rotatable bonds is 0. The zero-order valence-electron chi connectivity index (χ0n) is 21.1. The molecule has 4 aliphatic rings. The quantitative estimate of drug-likeness (QED) is 0.321. The minimum absolute atomic E-state index is 0.0342. The highest BCUT2D eigenvalue weighted by molar-refractivity contribution is 5.25. The molecular formula is C28H50O. The lowest BCUT2D eigenvalue weighted by atomic mass is 9.47. The summed E-state index contributed by atoms with van der Waals surface area (Å²) < 4.78 is 0. The highest BCUT2D eigenvalue weighted by Gasteiger charge is 2.58. The number of hydrogen-bond acceptors (Lipinski definition) is 1. The maximum Gasteiger partial charge on any atom is 0.0596 e. The van der Waals surface area contributed by atoms with Crippen LogP contribution in [0.3, 0.4) is 0 Å². The van der Waals surface area contributed by atoms with Gasteiger partial charge in [0.05, 0.1) is 6.10 Å². The molecule has 7 atom stereocenters. The molecule has 0 aliphatic heterocycles. The van der Waals surface area contributed by atoms with Crippen molar-refractivity contribution in [3.05, 3.63) is 11.6 Å². The summed E-state index contributed by atoms with van der Waals surface area (Å²) in [7, 11) is 0. The molecule has 0 aromatic heterocycles. The van der Waals surface area contributed by atoms with Gasteiger partial charge in [-0.2, -0.15) is 0 Å². The van der Waals surface area contributed by atoms with E-state index in [1.165, 1.54) is 44.9 Å². The Hall–Kier alpha value is -0.740. The third-order valence-corrected chi connectivity index (χ3v) is 8.55. The first-order valence-electron chi connectivity index (χ1n) is 12.6. The van der Waals surface area contributed by atoms with Crippen LogP contribution in [0.5, 0.6) is 0 Å². The van der Waals surface area contributed by atoms with Gasteiger partial charge < -0.3 is 5.11 Å². The average Bonchev–Trinajstić information content (AvgIpc) is 3.06. The van der Waals surface area contributed by atoms with Crippen LogP contribution in [0, 0.1) is 46.3 Å². The van der Waals surface area contributed by atoms with Gasteiger partial charge in [0.15, 0.2) is 0 Å². The molecule has 29 heavy (non-hydrogen) atoms. The number of fused-ring (bicyclic) bond motifs is 5. The Morgan fingerprint density at radius 2 is 1.52 bits per heavy atom. The van der Waals surface area contributed by atoms with Gasteiger partial charge in [0.1, 0.15) is 0 Å². The van der Waals surface area contributed by atoms with Crippen LogP contribution in [0.15, 0.2) is 11.6 Å². The second-order valence-electron chi connectivity index (χ2n) is 9.74. The van der Waals surface area contributed by atoms with Gasteiger partial charge in [0.2, 0.25) is 0 Å². The van der Waals surface area contributed by atoms with Crippen LogP contribution >= 0.6 is 0 Å². The van der Waals surface area contributed by atoms with Crippen molar-refractivity contribution in [2.24, 2.45) is 34.5 Å². The van der Waals surface area contributed by atoms with Crippen molar-refractivity contribution in [2.45, 2.75) is 120 Å². The van der Waals surface area contributed by atoms with E-state index in [4.69, 9.17) is 0 Å². The van der Waals surface area contributed by atoms with Crippen molar-refractivity contribution in [2.75, 3.05) is 0 Å². The van der Waals surface area contributed by atoms with Crippen molar-refractivity contribution in [3.8, 4) is 11.8 Å². The van der Waals surface area contributed by atoms with Gasteiger partial charge in [-0.25, -0.2) is 0 Å². The Bertz CT molecular complexity index is 573. The number of aliphatic hydroxyl groups is 1. The normalized spacial score (nSPS) is 41.6. The van der Waals surface area contributed by atoms with Crippen LogP contribution in [0.1, 0.15) is 114 Å². The Morgan fingerprint density at radius 3 is 2.10 bits per heavy atom. The monoisotopic (exact) mass is 402 g/mol. The van der Waals surface area contributed by atoms with Crippen molar-refractivity contribution in [3.63, 3.8) is 0 Å². The number of allylic oxidation sites excluding steroid dienone is 2.